The van der Waals surface area contributed by atoms with Crippen LogP contribution in [0.4, 0.5) is 0 Å². The first-order chi connectivity index (χ1) is 9.88. The van der Waals surface area contributed by atoms with E-state index in [0.717, 1.165) is 12.3 Å². The largest absolute Gasteiger partial charge is 0.361 e. The van der Waals surface area contributed by atoms with Crippen molar-refractivity contribution < 1.29 is 0 Å². The number of hydrogen-bond acceptors (Lipinski definition) is 1. The Kier molecular flexibility index (Phi) is 4.41. The first-order valence-electron chi connectivity index (χ1n) is 8.11. The SMILES string of the molecule is CNC(Cc1c[nH]c2ccccc12)C1CCCCCC1. The van der Waals surface area contributed by atoms with Crippen LogP contribution in [-0.2, 0) is 6.42 Å². The van der Waals surface area contributed by atoms with Crippen LogP contribution < -0.4 is 5.32 Å². The molecule has 1 unspecified atom stereocenters. The van der Waals surface area contributed by atoms with Crippen molar-refractivity contribution in [1.82, 2.24) is 10.3 Å². The Morgan fingerprint density at radius 2 is 1.90 bits per heavy atom. The van der Waals surface area contributed by atoms with Crippen molar-refractivity contribution in [3.8, 4) is 0 Å². The smallest absolute Gasteiger partial charge is 0.0456 e. The molecule has 1 fully saturated rings. The molecule has 1 atom stereocenters. The van der Waals surface area contributed by atoms with Gasteiger partial charge in [0.25, 0.3) is 0 Å². The lowest BCUT2D eigenvalue weighted by molar-refractivity contribution is 0.333. The molecule has 0 aliphatic heterocycles. The molecule has 0 radical (unpaired) electrons. The number of fused-ring (bicyclic) bond motifs is 1. The van der Waals surface area contributed by atoms with E-state index in [0.29, 0.717) is 6.04 Å². The van der Waals surface area contributed by atoms with Gasteiger partial charge in [0.2, 0.25) is 0 Å². The van der Waals surface area contributed by atoms with Crippen LogP contribution in [0.15, 0.2) is 30.5 Å². The Labute approximate surface area is 122 Å². The second-order valence-corrected chi connectivity index (χ2v) is 6.21. The zero-order valence-electron chi connectivity index (χ0n) is 12.5. The highest BCUT2D eigenvalue weighted by Crippen LogP contribution is 2.28. The normalized spacial score (nSPS) is 19.1. The lowest BCUT2D eigenvalue weighted by Gasteiger charge is -2.25. The molecule has 2 nitrogen and oxygen atoms in total. The van der Waals surface area contributed by atoms with Crippen molar-refractivity contribution in [3.63, 3.8) is 0 Å². The molecule has 1 heterocycles. The first kappa shape index (κ1) is 13.7. The highest BCUT2D eigenvalue weighted by atomic mass is 14.9. The molecule has 0 amide bonds. The number of H-pyrrole nitrogens is 1. The summed E-state index contributed by atoms with van der Waals surface area (Å²) in [7, 11) is 2.13. The summed E-state index contributed by atoms with van der Waals surface area (Å²) in [5.74, 6) is 0.844. The molecular formula is C18H26N2. The van der Waals surface area contributed by atoms with Gasteiger partial charge >= 0.3 is 0 Å². The standard InChI is InChI=1S/C18H26N2/c1-19-18(14-8-4-2-3-5-9-14)12-15-13-20-17-11-7-6-10-16(15)17/h6-7,10-11,13-14,18-20H,2-5,8-9,12H2,1H3. The highest BCUT2D eigenvalue weighted by molar-refractivity contribution is 5.83. The summed E-state index contributed by atoms with van der Waals surface area (Å²) < 4.78 is 0. The summed E-state index contributed by atoms with van der Waals surface area (Å²) >= 11 is 0. The first-order valence-corrected chi connectivity index (χ1v) is 8.11. The lowest BCUT2D eigenvalue weighted by Crippen LogP contribution is -2.35. The Balaban J connectivity index is 1.76. The van der Waals surface area contributed by atoms with Gasteiger partial charge in [0.1, 0.15) is 0 Å². The van der Waals surface area contributed by atoms with E-state index < -0.39 is 0 Å². The minimum Gasteiger partial charge on any atom is -0.361 e. The number of likely N-dealkylation sites (N-methyl/N-ethyl adjacent to an activating group) is 1. The van der Waals surface area contributed by atoms with E-state index in [4.69, 9.17) is 0 Å². The van der Waals surface area contributed by atoms with Gasteiger partial charge in [-0.15, -0.1) is 0 Å². The van der Waals surface area contributed by atoms with E-state index in [1.807, 2.05) is 0 Å². The van der Waals surface area contributed by atoms with Gasteiger partial charge in [0.05, 0.1) is 0 Å². The van der Waals surface area contributed by atoms with Crippen molar-refractivity contribution in [1.29, 1.82) is 0 Å². The lowest BCUT2D eigenvalue weighted by atomic mass is 9.88. The van der Waals surface area contributed by atoms with E-state index >= 15 is 0 Å². The molecule has 1 aromatic carbocycles. The second-order valence-electron chi connectivity index (χ2n) is 6.21. The van der Waals surface area contributed by atoms with Crippen molar-refractivity contribution in [2.45, 2.75) is 51.0 Å². The van der Waals surface area contributed by atoms with Gasteiger partial charge in [-0.1, -0.05) is 43.9 Å². The third-order valence-corrected chi connectivity index (χ3v) is 4.95. The summed E-state index contributed by atoms with van der Waals surface area (Å²) in [6, 6.07) is 9.26. The zero-order chi connectivity index (χ0) is 13.8. The third kappa shape index (κ3) is 2.90. The summed E-state index contributed by atoms with van der Waals surface area (Å²) in [5, 5.41) is 4.98. The fraction of sp³-hybridized carbons (Fsp3) is 0.556. The Morgan fingerprint density at radius 3 is 2.65 bits per heavy atom. The molecule has 2 heteroatoms. The van der Waals surface area contributed by atoms with Crippen LogP contribution in [0.1, 0.15) is 44.1 Å². The van der Waals surface area contributed by atoms with Gasteiger partial charge in [0.15, 0.2) is 0 Å². The monoisotopic (exact) mass is 270 g/mol. The van der Waals surface area contributed by atoms with Gasteiger partial charge in [-0.3, -0.25) is 0 Å². The van der Waals surface area contributed by atoms with Crippen molar-refractivity contribution in [2.75, 3.05) is 7.05 Å². The average Bonchev–Trinajstić information content (AvgIpc) is 2.71. The molecule has 0 bridgehead atoms. The number of benzene rings is 1. The fourth-order valence-corrected chi connectivity index (χ4v) is 3.76. The molecule has 1 aliphatic rings. The van der Waals surface area contributed by atoms with Crippen LogP contribution in [0, 0.1) is 5.92 Å². The number of aromatic nitrogens is 1. The van der Waals surface area contributed by atoms with Crippen molar-refractivity contribution in [2.24, 2.45) is 5.92 Å². The summed E-state index contributed by atoms with van der Waals surface area (Å²) in [6.45, 7) is 0. The maximum atomic E-state index is 3.59. The molecule has 20 heavy (non-hydrogen) atoms. The predicted molar refractivity (Wildman–Crippen MR) is 86.0 cm³/mol. The molecule has 0 saturated heterocycles. The van der Waals surface area contributed by atoms with Crippen LogP contribution in [0.3, 0.4) is 0 Å². The molecule has 2 N–H and O–H groups in total. The van der Waals surface area contributed by atoms with Crippen molar-refractivity contribution >= 4 is 10.9 Å². The highest BCUT2D eigenvalue weighted by Gasteiger charge is 2.22. The molecular weight excluding hydrogens is 244 g/mol. The average molecular weight is 270 g/mol. The van der Waals surface area contributed by atoms with Gasteiger partial charge in [0, 0.05) is 23.1 Å². The number of nitrogens with one attached hydrogen (secondary N) is 2. The Hall–Kier alpha value is -1.28. The molecule has 1 saturated carbocycles. The van der Waals surface area contributed by atoms with E-state index in [2.05, 4.69) is 47.8 Å². The Morgan fingerprint density at radius 1 is 1.15 bits per heavy atom. The number of hydrogen-bond donors (Lipinski definition) is 2. The van der Waals surface area contributed by atoms with E-state index in [1.54, 1.807) is 0 Å². The van der Waals surface area contributed by atoms with Gasteiger partial charge in [-0.25, -0.2) is 0 Å². The minimum absolute atomic E-state index is 0.618. The predicted octanol–water partition coefficient (Wildman–Crippen LogP) is 4.27. The fourth-order valence-electron chi connectivity index (χ4n) is 3.76. The zero-order valence-corrected chi connectivity index (χ0v) is 12.5. The van der Waals surface area contributed by atoms with Crippen LogP contribution in [0.5, 0.6) is 0 Å². The number of para-hydroxylation sites is 1. The molecule has 1 aliphatic carbocycles. The molecule has 108 valence electrons. The van der Waals surface area contributed by atoms with E-state index in [-0.39, 0.29) is 0 Å². The molecule has 1 aromatic heterocycles. The van der Waals surface area contributed by atoms with Gasteiger partial charge < -0.3 is 10.3 Å². The van der Waals surface area contributed by atoms with Crippen LogP contribution in [0.25, 0.3) is 10.9 Å². The summed E-state index contributed by atoms with van der Waals surface area (Å²) in [4.78, 5) is 3.41. The minimum atomic E-state index is 0.618. The number of aromatic amines is 1. The van der Waals surface area contributed by atoms with Crippen LogP contribution in [0.2, 0.25) is 0 Å². The van der Waals surface area contributed by atoms with E-state index in [1.165, 1.54) is 55.0 Å². The maximum Gasteiger partial charge on any atom is 0.0456 e. The molecule has 3 rings (SSSR count). The third-order valence-electron chi connectivity index (χ3n) is 4.95. The quantitative estimate of drug-likeness (QED) is 0.798. The second kappa shape index (κ2) is 6.45. The molecule has 2 aromatic rings. The Bertz CT molecular complexity index is 535. The summed E-state index contributed by atoms with van der Waals surface area (Å²) in [5.41, 5.74) is 2.72. The van der Waals surface area contributed by atoms with Crippen LogP contribution in [-0.4, -0.2) is 18.1 Å². The number of rotatable bonds is 4. The topological polar surface area (TPSA) is 27.8 Å². The van der Waals surface area contributed by atoms with Crippen molar-refractivity contribution in [3.05, 3.63) is 36.0 Å². The van der Waals surface area contributed by atoms with Gasteiger partial charge in [-0.05, 0) is 43.9 Å². The van der Waals surface area contributed by atoms with Gasteiger partial charge in [-0.2, -0.15) is 0 Å². The van der Waals surface area contributed by atoms with Crippen LogP contribution >= 0.6 is 0 Å². The molecule has 0 spiro atoms. The van der Waals surface area contributed by atoms with E-state index in [9.17, 15) is 0 Å². The maximum absolute atomic E-state index is 3.59. The summed E-state index contributed by atoms with van der Waals surface area (Å²) in [6.07, 6.45) is 11.8.